The van der Waals surface area contributed by atoms with Gasteiger partial charge < -0.3 is 10.2 Å². The summed E-state index contributed by atoms with van der Waals surface area (Å²) in [5.41, 5.74) is -0.172. The van der Waals surface area contributed by atoms with E-state index in [9.17, 15) is 23.6 Å². The van der Waals surface area contributed by atoms with Crippen LogP contribution in [0.4, 0.5) is 10.1 Å². The Bertz CT molecular complexity index is 1350. The zero-order valence-electron chi connectivity index (χ0n) is 16.9. The number of nitrogens with zero attached hydrogens (tertiary/aromatic N) is 2. The lowest BCUT2D eigenvalue weighted by molar-refractivity contribution is -0.134. The number of aromatic amines is 1. The van der Waals surface area contributed by atoms with Gasteiger partial charge in [0.15, 0.2) is 0 Å². The molecule has 32 heavy (non-hydrogen) atoms. The zero-order valence-corrected chi connectivity index (χ0v) is 16.9. The summed E-state index contributed by atoms with van der Waals surface area (Å²) in [6, 6.07) is 13.6. The summed E-state index contributed by atoms with van der Waals surface area (Å²) in [4.78, 5) is 53.7. The molecular formula is C23H19FN4O4. The van der Waals surface area contributed by atoms with E-state index in [1.54, 1.807) is 17.0 Å². The first-order chi connectivity index (χ1) is 15.4. The summed E-state index contributed by atoms with van der Waals surface area (Å²) < 4.78 is 14.8. The van der Waals surface area contributed by atoms with Gasteiger partial charge in [0.25, 0.3) is 5.56 Å². The third-order valence-corrected chi connectivity index (χ3v) is 6.30. The summed E-state index contributed by atoms with van der Waals surface area (Å²) >= 11 is 0. The van der Waals surface area contributed by atoms with Gasteiger partial charge in [-0.3, -0.25) is 23.9 Å². The first kappa shape index (κ1) is 19.9. The molecule has 2 aliphatic rings. The summed E-state index contributed by atoms with van der Waals surface area (Å²) in [5, 5.41) is 2.92. The maximum atomic E-state index is 13.7. The number of rotatable bonds is 3. The van der Waals surface area contributed by atoms with Gasteiger partial charge in [0.2, 0.25) is 11.8 Å². The number of nitrogens with one attached hydrogen (secondary N) is 2. The number of aromatic nitrogens is 2. The zero-order chi connectivity index (χ0) is 22.5. The number of para-hydroxylation sites is 1. The molecule has 9 heteroatoms. The van der Waals surface area contributed by atoms with Gasteiger partial charge in [0.1, 0.15) is 17.8 Å². The van der Waals surface area contributed by atoms with Crippen molar-refractivity contribution in [3.8, 4) is 0 Å². The molecule has 8 nitrogen and oxygen atoms in total. The van der Waals surface area contributed by atoms with E-state index in [1.807, 2.05) is 24.3 Å². The van der Waals surface area contributed by atoms with Gasteiger partial charge in [-0.25, -0.2) is 9.18 Å². The molecule has 2 N–H and O–H groups in total. The largest absolute Gasteiger partial charge is 0.333 e. The number of fused-ring (bicyclic) bond motifs is 2. The minimum absolute atomic E-state index is 0.218. The minimum atomic E-state index is -1.03. The molecule has 0 bridgehead atoms. The molecule has 1 aromatic heterocycles. The Morgan fingerprint density at radius 2 is 1.81 bits per heavy atom. The van der Waals surface area contributed by atoms with Crippen LogP contribution < -0.4 is 16.6 Å². The predicted octanol–water partition coefficient (Wildman–Crippen LogP) is 1.54. The maximum absolute atomic E-state index is 13.7. The van der Waals surface area contributed by atoms with E-state index in [0.717, 1.165) is 16.2 Å². The Morgan fingerprint density at radius 3 is 2.56 bits per heavy atom. The first-order valence-electron chi connectivity index (χ1n) is 10.2. The molecule has 1 saturated heterocycles. The van der Waals surface area contributed by atoms with Crippen LogP contribution in [0.25, 0.3) is 0 Å². The molecule has 2 aromatic carbocycles. The smallest absolute Gasteiger partial charge is 0.328 e. The fraction of sp³-hybridized carbons (Fsp3) is 0.217. The van der Waals surface area contributed by atoms with Gasteiger partial charge in [0, 0.05) is 24.5 Å². The van der Waals surface area contributed by atoms with E-state index in [-0.39, 0.29) is 24.9 Å². The molecule has 0 unspecified atom stereocenters. The summed E-state index contributed by atoms with van der Waals surface area (Å²) in [5.74, 6) is -1.03. The highest BCUT2D eigenvalue weighted by Gasteiger charge is 2.59. The Hall–Kier alpha value is -4.01. The fourth-order valence-electron chi connectivity index (χ4n) is 4.87. The topological polar surface area (TPSA) is 104 Å². The van der Waals surface area contributed by atoms with Crippen molar-refractivity contribution < 1.29 is 14.0 Å². The third-order valence-electron chi connectivity index (χ3n) is 6.30. The summed E-state index contributed by atoms with van der Waals surface area (Å²) in [7, 11) is 0. The Morgan fingerprint density at radius 1 is 1.06 bits per heavy atom. The van der Waals surface area contributed by atoms with Crippen LogP contribution in [0.3, 0.4) is 0 Å². The summed E-state index contributed by atoms with van der Waals surface area (Å²) in [6.45, 7) is -0.0204. The molecule has 1 fully saturated rings. The number of H-pyrrole nitrogens is 1. The van der Waals surface area contributed by atoms with Gasteiger partial charge in [-0.2, -0.15) is 0 Å². The molecule has 2 amide bonds. The quantitative estimate of drug-likeness (QED) is 0.653. The van der Waals surface area contributed by atoms with Crippen LogP contribution in [-0.2, 0) is 21.5 Å². The average molecular weight is 434 g/mol. The SMILES string of the molecule is O=C(Cn1ccc(=O)[nH]c1=O)N1CC[C@]2(C(=O)Nc3ccccc32)[C@@H]1c1ccc(F)cc1. The Labute approximate surface area is 181 Å². The lowest BCUT2D eigenvalue weighted by Gasteiger charge is -2.34. The van der Waals surface area contributed by atoms with Gasteiger partial charge in [-0.1, -0.05) is 30.3 Å². The number of halogens is 1. The van der Waals surface area contributed by atoms with Crippen molar-refractivity contribution in [2.24, 2.45) is 0 Å². The lowest BCUT2D eigenvalue weighted by Crippen LogP contribution is -2.44. The molecule has 1 spiro atoms. The molecule has 0 radical (unpaired) electrons. The van der Waals surface area contributed by atoms with Crippen LogP contribution in [0.1, 0.15) is 23.6 Å². The van der Waals surface area contributed by atoms with Crippen molar-refractivity contribution in [2.75, 3.05) is 11.9 Å². The second kappa shape index (κ2) is 7.30. The van der Waals surface area contributed by atoms with Crippen LogP contribution in [0.5, 0.6) is 0 Å². The number of hydrogen-bond acceptors (Lipinski definition) is 4. The molecule has 3 heterocycles. The van der Waals surface area contributed by atoms with Crippen molar-refractivity contribution >= 4 is 17.5 Å². The molecule has 162 valence electrons. The highest BCUT2D eigenvalue weighted by molar-refractivity contribution is 6.07. The Kier molecular flexibility index (Phi) is 4.54. The van der Waals surface area contributed by atoms with E-state index >= 15 is 0 Å². The van der Waals surface area contributed by atoms with Crippen molar-refractivity contribution in [2.45, 2.75) is 24.4 Å². The van der Waals surface area contributed by atoms with E-state index in [0.29, 0.717) is 17.7 Å². The van der Waals surface area contributed by atoms with Crippen molar-refractivity contribution in [1.29, 1.82) is 0 Å². The monoisotopic (exact) mass is 434 g/mol. The number of carbonyl (C=O) groups excluding carboxylic acids is 2. The van der Waals surface area contributed by atoms with Crippen molar-refractivity contribution in [3.05, 3.63) is 98.6 Å². The van der Waals surface area contributed by atoms with E-state index < -0.39 is 28.5 Å². The normalized spacial score (nSPS) is 21.6. The van der Waals surface area contributed by atoms with Crippen LogP contribution in [0, 0.1) is 5.82 Å². The molecular weight excluding hydrogens is 415 g/mol. The minimum Gasteiger partial charge on any atom is -0.333 e. The average Bonchev–Trinajstić information content (AvgIpc) is 3.30. The molecule has 0 saturated carbocycles. The molecule has 0 aliphatic carbocycles. The second-order valence-corrected chi connectivity index (χ2v) is 8.00. The van der Waals surface area contributed by atoms with Gasteiger partial charge in [-0.05, 0) is 35.7 Å². The van der Waals surface area contributed by atoms with Crippen molar-refractivity contribution in [3.63, 3.8) is 0 Å². The Balaban J connectivity index is 1.60. The van der Waals surface area contributed by atoms with E-state index in [2.05, 4.69) is 10.3 Å². The first-order valence-corrected chi connectivity index (χ1v) is 10.2. The van der Waals surface area contributed by atoms with Gasteiger partial charge in [0.05, 0.1) is 6.04 Å². The number of benzene rings is 2. The van der Waals surface area contributed by atoms with Gasteiger partial charge in [-0.15, -0.1) is 0 Å². The lowest BCUT2D eigenvalue weighted by atomic mass is 9.72. The standard InChI is InChI=1S/C23H19FN4O4/c24-15-7-5-14(6-8-15)20-23(16-3-1-2-4-17(16)25-21(23)31)10-12-28(20)19(30)13-27-11-9-18(29)26-22(27)32/h1-9,11,20H,10,12-13H2,(H,25,31)(H,26,29,32)/t20-,23+/m0/s1. The van der Waals surface area contributed by atoms with E-state index in [4.69, 9.17) is 0 Å². The number of carbonyl (C=O) groups is 2. The summed E-state index contributed by atoms with van der Waals surface area (Å²) in [6.07, 6.45) is 1.64. The van der Waals surface area contributed by atoms with Crippen molar-refractivity contribution in [1.82, 2.24) is 14.5 Å². The highest BCUT2D eigenvalue weighted by Crippen LogP contribution is 2.54. The van der Waals surface area contributed by atoms with E-state index in [1.165, 1.54) is 18.3 Å². The maximum Gasteiger partial charge on any atom is 0.328 e. The molecule has 3 aromatic rings. The molecule has 2 aliphatic heterocycles. The molecule has 2 atom stereocenters. The second-order valence-electron chi connectivity index (χ2n) is 8.00. The van der Waals surface area contributed by atoms with Gasteiger partial charge >= 0.3 is 5.69 Å². The van der Waals surface area contributed by atoms with Crippen LogP contribution in [0.15, 0.2) is 70.4 Å². The molecule has 5 rings (SSSR count). The third kappa shape index (κ3) is 2.96. The van der Waals surface area contributed by atoms with Crippen LogP contribution in [-0.4, -0.2) is 32.8 Å². The number of likely N-dealkylation sites (tertiary alicyclic amines) is 1. The number of anilines is 1. The number of amides is 2. The number of hydrogen-bond donors (Lipinski definition) is 2. The fourth-order valence-corrected chi connectivity index (χ4v) is 4.87. The predicted molar refractivity (Wildman–Crippen MR) is 114 cm³/mol. The van der Waals surface area contributed by atoms with Crippen LogP contribution >= 0.6 is 0 Å². The highest BCUT2D eigenvalue weighted by atomic mass is 19.1. The van der Waals surface area contributed by atoms with Crippen LogP contribution in [0.2, 0.25) is 0 Å².